The third-order valence-electron chi connectivity index (χ3n) is 8.40. The number of fused-ring (bicyclic) bond motifs is 1. The van der Waals surface area contributed by atoms with Crippen LogP contribution in [0.15, 0.2) is 134 Å². The van der Waals surface area contributed by atoms with E-state index in [1.807, 2.05) is 12.4 Å². The van der Waals surface area contributed by atoms with Gasteiger partial charge < -0.3 is 9.80 Å². The van der Waals surface area contributed by atoms with E-state index in [0.29, 0.717) is 0 Å². The normalized spacial score (nSPS) is 14.4. The van der Waals surface area contributed by atoms with Gasteiger partial charge in [-0.15, -0.1) is 0 Å². The SMILES string of the molecule is CN1CCN(c2ccnc3ccc(-c4cnn(C(c5ccccc5)(c5ccccc5)c5ccccc5)c4)cc23)CC1. The molecule has 2 aromatic heterocycles. The van der Waals surface area contributed by atoms with Crippen LogP contribution in [0.2, 0.25) is 0 Å². The standard InChI is InChI=1S/C36H33N5/c1-39-21-23-40(24-22-39)35-19-20-37-34-18-17-28(25-33(34)35)29-26-38-41(27-29)36(30-11-5-2-6-12-30,31-13-7-3-8-14-31)32-15-9-4-10-16-32/h2-20,25-27H,21-24H2,1H3. The molecular weight excluding hydrogens is 502 g/mol. The van der Waals surface area contributed by atoms with Crippen LogP contribution in [0.4, 0.5) is 5.69 Å². The first kappa shape index (κ1) is 25.2. The summed E-state index contributed by atoms with van der Waals surface area (Å²) in [6.45, 7) is 4.17. The van der Waals surface area contributed by atoms with Crippen LogP contribution in [-0.4, -0.2) is 52.9 Å². The number of piperazine rings is 1. The van der Waals surface area contributed by atoms with E-state index in [4.69, 9.17) is 10.1 Å². The van der Waals surface area contributed by atoms with Gasteiger partial charge in [0.05, 0.1) is 11.7 Å². The maximum Gasteiger partial charge on any atom is 0.138 e. The largest absolute Gasteiger partial charge is 0.368 e. The molecule has 0 amide bonds. The quantitative estimate of drug-likeness (QED) is 0.223. The first-order valence-electron chi connectivity index (χ1n) is 14.3. The molecule has 3 heterocycles. The Labute approximate surface area is 241 Å². The van der Waals surface area contributed by atoms with Crippen molar-refractivity contribution >= 4 is 16.6 Å². The maximum absolute atomic E-state index is 5.08. The third-order valence-corrected chi connectivity index (χ3v) is 8.40. The molecule has 0 atom stereocenters. The second kappa shape index (κ2) is 10.7. The lowest BCUT2D eigenvalue weighted by Crippen LogP contribution is -2.44. The van der Waals surface area contributed by atoms with Gasteiger partial charge in [0.1, 0.15) is 5.54 Å². The molecule has 1 aliphatic rings. The molecule has 1 saturated heterocycles. The Morgan fingerprint density at radius 1 is 0.634 bits per heavy atom. The number of rotatable bonds is 6. The highest BCUT2D eigenvalue weighted by Gasteiger charge is 2.39. The van der Waals surface area contributed by atoms with Gasteiger partial charge in [-0.3, -0.25) is 9.67 Å². The Balaban J connectivity index is 1.39. The minimum atomic E-state index is -0.634. The van der Waals surface area contributed by atoms with Gasteiger partial charge in [0.25, 0.3) is 0 Å². The summed E-state index contributed by atoms with van der Waals surface area (Å²) in [6, 6.07) is 40.8. The molecule has 0 unspecified atom stereocenters. The van der Waals surface area contributed by atoms with Crippen molar-refractivity contribution in [3.63, 3.8) is 0 Å². The topological polar surface area (TPSA) is 37.2 Å². The van der Waals surface area contributed by atoms with Crippen LogP contribution in [0.25, 0.3) is 22.0 Å². The minimum absolute atomic E-state index is 0.634. The van der Waals surface area contributed by atoms with Crippen molar-refractivity contribution in [3.05, 3.63) is 151 Å². The number of nitrogens with zero attached hydrogens (tertiary/aromatic N) is 5. The molecule has 1 fully saturated rings. The van der Waals surface area contributed by atoms with E-state index in [2.05, 4.69) is 143 Å². The summed E-state index contributed by atoms with van der Waals surface area (Å²) >= 11 is 0. The predicted molar refractivity (Wildman–Crippen MR) is 167 cm³/mol. The van der Waals surface area contributed by atoms with Crippen molar-refractivity contribution in [2.24, 2.45) is 0 Å². The molecule has 4 aromatic carbocycles. The molecule has 0 spiro atoms. The average Bonchev–Trinajstić information content (AvgIpc) is 3.54. The molecule has 41 heavy (non-hydrogen) atoms. The smallest absolute Gasteiger partial charge is 0.138 e. The molecule has 0 saturated carbocycles. The second-order valence-corrected chi connectivity index (χ2v) is 10.8. The fourth-order valence-corrected chi connectivity index (χ4v) is 6.22. The molecule has 7 rings (SSSR count). The Morgan fingerprint density at radius 3 is 1.80 bits per heavy atom. The van der Waals surface area contributed by atoms with Crippen molar-refractivity contribution in [1.82, 2.24) is 19.7 Å². The molecular formula is C36H33N5. The van der Waals surface area contributed by atoms with Gasteiger partial charge in [-0.1, -0.05) is 97.1 Å². The minimum Gasteiger partial charge on any atom is -0.368 e. The van der Waals surface area contributed by atoms with Crippen LogP contribution < -0.4 is 4.90 Å². The van der Waals surface area contributed by atoms with E-state index in [9.17, 15) is 0 Å². The first-order chi connectivity index (χ1) is 20.2. The highest BCUT2D eigenvalue weighted by molar-refractivity contribution is 5.94. The number of pyridine rings is 1. The molecule has 5 nitrogen and oxygen atoms in total. The average molecular weight is 536 g/mol. The molecule has 1 aliphatic heterocycles. The van der Waals surface area contributed by atoms with Crippen LogP contribution in [0.1, 0.15) is 16.7 Å². The zero-order valence-electron chi connectivity index (χ0n) is 23.3. The lowest BCUT2D eigenvalue weighted by atomic mass is 9.77. The van der Waals surface area contributed by atoms with Gasteiger partial charge in [0, 0.05) is 55.2 Å². The van der Waals surface area contributed by atoms with Crippen LogP contribution >= 0.6 is 0 Å². The van der Waals surface area contributed by atoms with Gasteiger partial charge >= 0.3 is 0 Å². The number of benzene rings is 4. The van der Waals surface area contributed by atoms with E-state index < -0.39 is 5.54 Å². The molecule has 0 aliphatic carbocycles. The number of likely N-dealkylation sites (N-methyl/N-ethyl adjacent to an activating group) is 1. The molecule has 0 radical (unpaired) electrons. The first-order valence-corrected chi connectivity index (χ1v) is 14.3. The van der Waals surface area contributed by atoms with E-state index in [1.54, 1.807) is 0 Å². The van der Waals surface area contributed by atoms with Crippen LogP contribution in [0.3, 0.4) is 0 Å². The highest BCUT2D eigenvalue weighted by Crippen LogP contribution is 2.41. The summed E-state index contributed by atoms with van der Waals surface area (Å²) < 4.78 is 2.14. The Morgan fingerprint density at radius 2 is 1.22 bits per heavy atom. The van der Waals surface area contributed by atoms with E-state index in [1.165, 1.54) is 11.1 Å². The molecule has 5 heteroatoms. The van der Waals surface area contributed by atoms with E-state index in [0.717, 1.165) is 59.5 Å². The lowest BCUT2D eigenvalue weighted by molar-refractivity contribution is 0.313. The van der Waals surface area contributed by atoms with E-state index >= 15 is 0 Å². The number of hydrogen-bond donors (Lipinski definition) is 0. The van der Waals surface area contributed by atoms with Gasteiger partial charge in [0.15, 0.2) is 0 Å². The third kappa shape index (κ3) is 4.48. The van der Waals surface area contributed by atoms with Crippen molar-refractivity contribution < 1.29 is 0 Å². The van der Waals surface area contributed by atoms with E-state index in [-0.39, 0.29) is 0 Å². The molecule has 0 bridgehead atoms. The number of aromatic nitrogens is 3. The fourth-order valence-electron chi connectivity index (χ4n) is 6.22. The summed E-state index contributed by atoms with van der Waals surface area (Å²) in [5.41, 5.74) is 7.33. The van der Waals surface area contributed by atoms with Crippen molar-refractivity contribution in [2.45, 2.75) is 5.54 Å². The van der Waals surface area contributed by atoms with Crippen LogP contribution in [0, 0.1) is 0 Å². The molecule has 6 aromatic rings. The Hall–Kier alpha value is -4.74. The van der Waals surface area contributed by atoms with Crippen molar-refractivity contribution in [3.8, 4) is 11.1 Å². The second-order valence-electron chi connectivity index (χ2n) is 10.8. The summed E-state index contributed by atoms with van der Waals surface area (Å²) in [5, 5.41) is 6.26. The van der Waals surface area contributed by atoms with Crippen molar-refractivity contribution in [1.29, 1.82) is 0 Å². The number of anilines is 1. The Bertz CT molecular complexity index is 1660. The van der Waals surface area contributed by atoms with Crippen molar-refractivity contribution in [2.75, 3.05) is 38.1 Å². The fraction of sp³-hybridized carbons (Fsp3) is 0.167. The molecule has 0 N–H and O–H groups in total. The zero-order chi connectivity index (χ0) is 27.6. The lowest BCUT2D eigenvalue weighted by Gasteiger charge is -2.36. The van der Waals surface area contributed by atoms with Gasteiger partial charge in [-0.25, -0.2) is 0 Å². The summed E-state index contributed by atoms with van der Waals surface area (Å²) in [4.78, 5) is 9.57. The predicted octanol–water partition coefficient (Wildman–Crippen LogP) is 6.69. The highest BCUT2D eigenvalue weighted by atomic mass is 15.3. The van der Waals surface area contributed by atoms with Gasteiger partial charge in [-0.2, -0.15) is 5.10 Å². The monoisotopic (exact) mass is 535 g/mol. The molecule has 202 valence electrons. The zero-order valence-corrected chi connectivity index (χ0v) is 23.3. The summed E-state index contributed by atoms with van der Waals surface area (Å²) in [6.07, 6.45) is 6.12. The summed E-state index contributed by atoms with van der Waals surface area (Å²) in [7, 11) is 2.19. The Kier molecular flexibility index (Phi) is 6.57. The maximum atomic E-state index is 5.08. The van der Waals surface area contributed by atoms with Gasteiger partial charge in [-0.05, 0) is 47.5 Å². The summed E-state index contributed by atoms with van der Waals surface area (Å²) in [5.74, 6) is 0. The van der Waals surface area contributed by atoms with Crippen LogP contribution in [0.5, 0.6) is 0 Å². The van der Waals surface area contributed by atoms with Gasteiger partial charge in [0.2, 0.25) is 0 Å². The van der Waals surface area contributed by atoms with Crippen LogP contribution in [-0.2, 0) is 5.54 Å². The number of hydrogen-bond acceptors (Lipinski definition) is 4.